The zero-order valence-electron chi connectivity index (χ0n) is 13.5. The number of likely N-dealkylation sites (N-methyl/N-ethyl adjacent to an activating group) is 1. The molecule has 0 saturated carbocycles. The van der Waals surface area contributed by atoms with Gasteiger partial charge in [-0.1, -0.05) is 25.8 Å². The van der Waals surface area contributed by atoms with Crippen LogP contribution in [0.15, 0.2) is 11.6 Å². The zero-order valence-corrected chi connectivity index (χ0v) is 13.5. The average Bonchev–Trinajstić information content (AvgIpc) is 2.35. The maximum atomic E-state index is 11.5. The lowest BCUT2D eigenvalue weighted by atomic mass is 10.2. The van der Waals surface area contributed by atoms with Gasteiger partial charge in [0, 0.05) is 6.08 Å². The minimum Gasteiger partial charge on any atom is -0.457 e. The molecule has 1 unspecified atom stereocenters. The molecule has 112 valence electrons. The second-order valence-corrected chi connectivity index (χ2v) is 5.57. The van der Waals surface area contributed by atoms with Crippen molar-refractivity contribution in [1.82, 2.24) is 0 Å². The predicted molar refractivity (Wildman–Crippen MR) is 81.0 cm³/mol. The quantitative estimate of drug-likeness (QED) is 0.345. The van der Waals surface area contributed by atoms with E-state index in [1.807, 2.05) is 13.8 Å². The molecule has 0 aliphatic carbocycles. The highest BCUT2D eigenvalue weighted by Gasteiger charge is 2.23. The summed E-state index contributed by atoms with van der Waals surface area (Å²) < 4.78 is 6.38. The van der Waals surface area contributed by atoms with Gasteiger partial charge in [0.15, 0.2) is 0 Å². The van der Waals surface area contributed by atoms with Crippen molar-refractivity contribution in [3.05, 3.63) is 11.6 Å². The molecule has 0 saturated heterocycles. The van der Waals surface area contributed by atoms with Crippen LogP contribution < -0.4 is 0 Å². The normalized spacial score (nSPS) is 13.7. The second-order valence-electron chi connectivity index (χ2n) is 5.57. The van der Waals surface area contributed by atoms with Crippen molar-refractivity contribution in [1.29, 1.82) is 0 Å². The summed E-state index contributed by atoms with van der Waals surface area (Å²) in [6, 6.07) is 0. The molecule has 0 aromatic carbocycles. The van der Waals surface area contributed by atoms with Crippen LogP contribution >= 0.6 is 0 Å². The van der Waals surface area contributed by atoms with Gasteiger partial charge in [0.2, 0.25) is 0 Å². The van der Waals surface area contributed by atoms with Crippen LogP contribution in [0, 0.1) is 0 Å². The van der Waals surface area contributed by atoms with Gasteiger partial charge in [-0.3, -0.25) is 0 Å². The average molecular weight is 270 g/mol. The van der Waals surface area contributed by atoms with Crippen molar-refractivity contribution >= 4 is 5.97 Å². The lowest BCUT2D eigenvalue weighted by Gasteiger charge is -2.37. The van der Waals surface area contributed by atoms with Gasteiger partial charge in [0.1, 0.15) is 13.2 Å². The van der Waals surface area contributed by atoms with E-state index in [1.165, 1.54) is 32.4 Å². The van der Waals surface area contributed by atoms with Gasteiger partial charge in [-0.25, -0.2) is 4.79 Å². The number of carbonyl (C=O) groups excluding carboxylic acids is 1. The lowest BCUT2D eigenvalue weighted by Crippen LogP contribution is -2.51. The fourth-order valence-electron chi connectivity index (χ4n) is 2.39. The van der Waals surface area contributed by atoms with E-state index in [0.717, 1.165) is 23.1 Å². The van der Waals surface area contributed by atoms with E-state index in [0.29, 0.717) is 6.61 Å². The molecule has 0 N–H and O–H groups in total. The second kappa shape index (κ2) is 10.0. The molecule has 0 heterocycles. The molecule has 0 aromatic heterocycles. The molecule has 0 aliphatic rings. The maximum absolute atomic E-state index is 11.5. The highest BCUT2D eigenvalue weighted by molar-refractivity contribution is 5.82. The van der Waals surface area contributed by atoms with Gasteiger partial charge in [-0.2, -0.15) is 0 Å². The highest BCUT2D eigenvalue weighted by atomic mass is 16.5. The summed E-state index contributed by atoms with van der Waals surface area (Å²) in [5, 5.41) is 0. The first-order valence-corrected chi connectivity index (χ1v) is 7.66. The van der Waals surface area contributed by atoms with Gasteiger partial charge in [0.05, 0.1) is 19.6 Å². The Labute approximate surface area is 119 Å². The van der Waals surface area contributed by atoms with Gasteiger partial charge in [-0.15, -0.1) is 0 Å². The van der Waals surface area contributed by atoms with Crippen LogP contribution in [0.25, 0.3) is 0 Å². The number of ether oxygens (including phenoxy) is 1. The smallest absolute Gasteiger partial charge is 0.330 e. The van der Waals surface area contributed by atoms with Crippen molar-refractivity contribution in [2.45, 2.75) is 53.9 Å². The Hall–Kier alpha value is -0.830. The number of allylic oxidation sites excluding steroid dienone is 1. The number of rotatable bonds is 10. The van der Waals surface area contributed by atoms with Crippen molar-refractivity contribution in [2.24, 2.45) is 0 Å². The molecule has 3 nitrogen and oxygen atoms in total. The number of unbranched alkanes of at least 4 members (excludes halogenated alkanes) is 1. The van der Waals surface area contributed by atoms with Crippen LogP contribution in [-0.2, 0) is 9.53 Å². The Morgan fingerprint density at radius 3 is 2.21 bits per heavy atom. The third kappa shape index (κ3) is 8.04. The molecule has 0 bridgehead atoms. The Balaban J connectivity index is 4.32. The van der Waals surface area contributed by atoms with Gasteiger partial charge in [0.25, 0.3) is 0 Å². The van der Waals surface area contributed by atoms with Gasteiger partial charge < -0.3 is 9.22 Å². The van der Waals surface area contributed by atoms with Crippen molar-refractivity contribution in [2.75, 3.05) is 32.8 Å². The van der Waals surface area contributed by atoms with Crippen LogP contribution in [-0.4, -0.2) is 43.2 Å². The van der Waals surface area contributed by atoms with Crippen LogP contribution in [0.3, 0.4) is 0 Å². The monoisotopic (exact) mass is 270 g/mol. The highest BCUT2D eigenvalue weighted by Crippen LogP contribution is 2.11. The maximum Gasteiger partial charge on any atom is 0.330 e. The van der Waals surface area contributed by atoms with E-state index in [4.69, 9.17) is 4.74 Å². The summed E-state index contributed by atoms with van der Waals surface area (Å²) in [4.78, 5) is 11.5. The molecule has 0 fully saturated rings. The van der Waals surface area contributed by atoms with E-state index >= 15 is 0 Å². The summed E-state index contributed by atoms with van der Waals surface area (Å²) in [5.74, 6) is -0.207. The largest absolute Gasteiger partial charge is 0.457 e. The SMILES string of the molecule is CCCC[N+](CC)(CCC)CCOC(=O)C=C(C)C. The van der Waals surface area contributed by atoms with Crippen molar-refractivity contribution in [3.63, 3.8) is 0 Å². The first-order chi connectivity index (χ1) is 8.99. The Morgan fingerprint density at radius 1 is 1.05 bits per heavy atom. The van der Waals surface area contributed by atoms with Gasteiger partial charge in [-0.05, 0) is 33.6 Å². The third-order valence-corrected chi connectivity index (χ3v) is 3.57. The molecule has 0 aromatic rings. The fraction of sp³-hybridized carbons (Fsp3) is 0.812. The van der Waals surface area contributed by atoms with E-state index in [-0.39, 0.29) is 5.97 Å². The van der Waals surface area contributed by atoms with Crippen LogP contribution in [0.4, 0.5) is 0 Å². The summed E-state index contributed by atoms with van der Waals surface area (Å²) >= 11 is 0. The van der Waals surface area contributed by atoms with Gasteiger partial charge >= 0.3 is 5.97 Å². The number of nitrogens with zero attached hydrogens (tertiary/aromatic N) is 1. The molecule has 3 heteroatoms. The number of esters is 1. The Bertz CT molecular complexity index is 282. The van der Waals surface area contributed by atoms with Crippen molar-refractivity contribution < 1.29 is 14.0 Å². The molecular formula is C16H32NO2+. The molecule has 1 atom stereocenters. The van der Waals surface area contributed by atoms with E-state index in [1.54, 1.807) is 6.08 Å². The summed E-state index contributed by atoms with van der Waals surface area (Å²) in [6.07, 6.45) is 5.21. The number of hydrogen-bond donors (Lipinski definition) is 0. The topological polar surface area (TPSA) is 26.3 Å². The Morgan fingerprint density at radius 2 is 1.74 bits per heavy atom. The molecule has 0 rings (SSSR count). The van der Waals surface area contributed by atoms with E-state index in [2.05, 4.69) is 20.8 Å². The van der Waals surface area contributed by atoms with Crippen LogP contribution in [0.5, 0.6) is 0 Å². The number of carbonyl (C=O) groups is 1. The number of quaternary nitrogens is 1. The molecule has 19 heavy (non-hydrogen) atoms. The van der Waals surface area contributed by atoms with E-state index in [9.17, 15) is 4.79 Å². The molecular weight excluding hydrogens is 238 g/mol. The molecule has 0 spiro atoms. The third-order valence-electron chi connectivity index (χ3n) is 3.57. The van der Waals surface area contributed by atoms with Crippen LogP contribution in [0.2, 0.25) is 0 Å². The van der Waals surface area contributed by atoms with E-state index < -0.39 is 0 Å². The zero-order chi connectivity index (χ0) is 14.7. The minimum absolute atomic E-state index is 0.207. The molecule has 0 amide bonds. The lowest BCUT2D eigenvalue weighted by molar-refractivity contribution is -0.926. The van der Waals surface area contributed by atoms with Crippen molar-refractivity contribution in [3.8, 4) is 0 Å². The number of hydrogen-bond acceptors (Lipinski definition) is 2. The summed E-state index contributed by atoms with van der Waals surface area (Å²) in [5.41, 5.74) is 0.987. The Kier molecular flexibility index (Phi) is 9.58. The molecule has 0 radical (unpaired) electrons. The van der Waals surface area contributed by atoms with Crippen LogP contribution in [0.1, 0.15) is 53.9 Å². The summed E-state index contributed by atoms with van der Waals surface area (Å²) in [7, 11) is 0. The minimum atomic E-state index is -0.207. The molecule has 0 aliphatic heterocycles. The predicted octanol–water partition coefficient (Wildman–Crippen LogP) is 3.54. The first kappa shape index (κ1) is 18.2. The first-order valence-electron chi connectivity index (χ1n) is 7.66. The standard InChI is InChI=1S/C16H32NO2/c1-6-9-11-17(8-3,10-7-2)12-13-19-16(18)14-15(4)5/h14H,6-13H2,1-5H3/q+1. The fourth-order valence-corrected chi connectivity index (χ4v) is 2.39. The summed E-state index contributed by atoms with van der Waals surface area (Å²) in [6.45, 7) is 15.5.